The number of likely N-dealkylation sites (tertiary alicyclic amines) is 1. The molecule has 1 unspecified atom stereocenters. The van der Waals surface area contributed by atoms with E-state index in [-0.39, 0.29) is 11.6 Å². The highest BCUT2D eigenvalue weighted by molar-refractivity contribution is 5.88. The van der Waals surface area contributed by atoms with Crippen LogP contribution in [0.4, 0.5) is 0 Å². The van der Waals surface area contributed by atoms with Crippen LogP contribution in [0.15, 0.2) is 35.4 Å². The van der Waals surface area contributed by atoms with E-state index >= 15 is 0 Å². The van der Waals surface area contributed by atoms with E-state index in [2.05, 4.69) is 41.3 Å². The second kappa shape index (κ2) is 6.55. The first-order valence-corrected chi connectivity index (χ1v) is 10.3. The van der Waals surface area contributed by atoms with Crippen LogP contribution in [-0.2, 0) is 19.5 Å². The molecule has 3 heterocycles. The maximum atomic E-state index is 12.6. The third-order valence-corrected chi connectivity index (χ3v) is 6.74. The number of piperidine rings is 1. The number of hydrogen-bond donors (Lipinski definition) is 2. The second-order valence-electron chi connectivity index (χ2n) is 8.58. The highest BCUT2D eigenvalue weighted by Crippen LogP contribution is 2.44. The Bertz CT molecular complexity index is 1080. The van der Waals surface area contributed by atoms with Crippen molar-refractivity contribution in [2.75, 3.05) is 13.6 Å². The Morgan fingerprint density at radius 3 is 3.00 bits per heavy atom. The topological polar surface area (TPSA) is 66.2 Å². The van der Waals surface area contributed by atoms with Crippen molar-refractivity contribution in [3.05, 3.63) is 52.2 Å². The summed E-state index contributed by atoms with van der Waals surface area (Å²) in [5.74, 6) is 0.947. The van der Waals surface area contributed by atoms with E-state index in [1.807, 2.05) is 6.92 Å². The molecule has 0 amide bonds. The third kappa shape index (κ3) is 2.62. The van der Waals surface area contributed by atoms with Crippen molar-refractivity contribution in [1.82, 2.24) is 19.0 Å². The molecule has 6 heteroatoms. The lowest BCUT2D eigenvalue weighted by Crippen LogP contribution is -2.49. The SMILES string of the molecule is CCCn1c(O)cn(CC2C[C@@H]3c4cccc5[nH]cc(c45)C[C@H]3N(C)C2)c1=O. The lowest BCUT2D eigenvalue weighted by Gasteiger charge is -2.45. The van der Waals surface area contributed by atoms with Crippen molar-refractivity contribution >= 4 is 10.9 Å². The average molecular weight is 380 g/mol. The molecule has 0 spiro atoms. The van der Waals surface area contributed by atoms with Crippen LogP contribution < -0.4 is 5.69 Å². The number of aromatic nitrogens is 3. The van der Waals surface area contributed by atoms with Crippen LogP contribution in [0.25, 0.3) is 10.9 Å². The maximum Gasteiger partial charge on any atom is 0.331 e. The first-order valence-electron chi connectivity index (χ1n) is 10.3. The molecule has 6 nitrogen and oxygen atoms in total. The molecule has 0 radical (unpaired) electrons. The number of benzene rings is 1. The van der Waals surface area contributed by atoms with Gasteiger partial charge in [-0.25, -0.2) is 4.79 Å². The van der Waals surface area contributed by atoms with Crippen LogP contribution >= 0.6 is 0 Å². The molecule has 1 fully saturated rings. The van der Waals surface area contributed by atoms with E-state index in [9.17, 15) is 9.90 Å². The van der Waals surface area contributed by atoms with Crippen molar-refractivity contribution in [3.63, 3.8) is 0 Å². The van der Waals surface area contributed by atoms with E-state index in [4.69, 9.17) is 0 Å². The molecule has 2 aliphatic rings. The van der Waals surface area contributed by atoms with Gasteiger partial charge >= 0.3 is 5.69 Å². The Morgan fingerprint density at radius 2 is 2.18 bits per heavy atom. The molecular formula is C22H28N4O2. The summed E-state index contributed by atoms with van der Waals surface area (Å²) in [6.45, 7) is 4.21. The van der Waals surface area contributed by atoms with Gasteiger partial charge in [-0.15, -0.1) is 0 Å². The van der Waals surface area contributed by atoms with Gasteiger partial charge in [-0.2, -0.15) is 0 Å². The molecule has 5 rings (SSSR count). The predicted molar refractivity (Wildman–Crippen MR) is 110 cm³/mol. The Balaban J connectivity index is 1.45. The minimum atomic E-state index is -0.0946. The van der Waals surface area contributed by atoms with Gasteiger partial charge in [0.1, 0.15) is 0 Å². The van der Waals surface area contributed by atoms with Crippen LogP contribution in [0.5, 0.6) is 5.88 Å². The summed E-state index contributed by atoms with van der Waals surface area (Å²) >= 11 is 0. The molecule has 3 atom stereocenters. The summed E-state index contributed by atoms with van der Waals surface area (Å²) in [5, 5.41) is 11.5. The van der Waals surface area contributed by atoms with Gasteiger partial charge in [0, 0.05) is 48.7 Å². The highest BCUT2D eigenvalue weighted by Gasteiger charge is 2.39. The summed E-state index contributed by atoms with van der Waals surface area (Å²) in [5.41, 5.74) is 4.01. The van der Waals surface area contributed by atoms with Crippen molar-refractivity contribution < 1.29 is 5.11 Å². The van der Waals surface area contributed by atoms with Crippen molar-refractivity contribution in [3.8, 4) is 5.88 Å². The fraction of sp³-hybridized carbons (Fsp3) is 0.500. The molecule has 2 N–H and O–H groups in total. The minimum Gasteiger partial charge on any atom is -0.493 e. The summed E-state index contributed by atoms with van der Waals surface area (Å²) in [6, 6.07) is 7.10. The van der Waals surface area contributed by atoms with E-state index in [0.717, 1.165) is 25.8 Å². The smallest absolute Gasteiger partial charge is 0.331 e. The van der Waals surface area contributed by atoms with Crippen molar-refractivity contribution in [2.24, 2.45) is 5.92 Å². The van der Waals surface area contributed by atoms with Gasteiger partial charge in [0.05, 0.1) is 6.20 Å². The highest BCUT2D eigenvalue weighted by atomic mass is 16.3. The van der Waals surface area contributed by atoms with E-state index in [0.29, 0.717) is 31.0 Å². The van der Waals surface area contributed by atoms with Crippen LogP contribution in [-0.4, -0.2) is 43.8 Å². The Morgan fingerprint density at radius 1 is 1.32 bits per heavy atom. The molecule has 1 aromatic carbocycles. The summed E-state index contributed by atoms with van der Waals surface area (Å²) in [7, 11) is 2.21. The van der Waals surface area contributed by atoms with E-state index < -0.39 is 0 Å². The van der Waals surface area contributed by atoms with Crippen LogP contribution in [0.1, 0.15) is 36.8 Å². The monoisotopic (exact) mass is 380 g/mol. The molecule has 0 saturated carbocycles. The number of fused-ring (bicyclic) bond motifs is 2. The third-order valence-electron chi connectivity index (χ3n) is 6.74. The van der Waals surface area contributed by atoms with Gasteiger partial charge in [-0.1, -0.05) is 19.1 Å². The van der Waals surface area contributed by atoms with Crippen LogP contribution in [0.3, 0.4) is 0 Å². The molecule has 148 valence electrons. The molecule has 28 heavy (non-hydrogen) atoms. The Kier molecular flexibility index (Phi) is 4.12. The molecule has 1 aliphatic carbocycles. The minimum absolute atomic E-state index is 0.0771. The Labute approximate surface area is 164 Å². The summed E-state index contributed by atoms with van der Waals surface area (Å²) in [6.07, 6.45) is 6.76. The van der Waals surface area contributed by atoms with Crippen molar-refractivity contribution in [1.29, 1.82) is 0 Å². The van der Waals surface area contributed by atoms with Gasteiger partial charge in [0.2, 0.25) is 5.88 Å². The lowest BCUT2D eigenvalue weighted by atomic mass is 9.72. The van der Waals surface area contributed by atoms with Crippen LogP contribution in [0, 0.1) is 5.92 Å². The van der Waals surface area contributed by atoms with Gasteiger partial charge in [-0.3, -0.25) is 9.13 Å². The second-order valence-corrected chi connectivity index (χ2v) is 8.58. The van der Waals surface area contributed by atoms with E-state index in [1.54, 1.807) is 10.8 Å². The fourth-order valence-corrected chi connectivity index (χ4v) is 5.55. The average Bonchev–Trinajstić information content (AvgIpc) is 3.21. The Hall–Kier alpha value is -2.47. The number of hydrogen-bond acceptors (Lipinski definition) is 3. The predicted octanol–water partition coefficient (Wildman–Crippen LogP) is 2.91. The van der Waals surface area contributed by atoms with Gasteiger partial charge < -0.3 is 15.0 Å². The number of imidazole rings is 1. The maximum absolute atomic E-state index is 12.6. The zero-order valence-electron chi connectivity index (χ0n) is 16.6. The van der Waals surface area contributed by atoms with Crippen molar-refractivity contribution in [2.45, 2.75) is 51.2 Å². The zero-order valence-corrected chi connectivity index (χ0v) is 16.6. The molecule has 1 saturated heterocycles. The molecule has 3 aromatic rings. The lowest BCUT2D eigenvalue weighted by molar-refractivity contribution is 0.103. The first kappa shape index (κ1) is 17.6. The number of aromatic hydroxyl groups is 1. The summed E-state index contributed by atoms with van der Waals surface area (Å²) < 4.78 is 3.18. The number of nitrogens with one attached hydrogen (secondary N) is 1. The van der Waals surface area contributed by atoms with E-state index in [1.165, 1.54) is 26.6 Å². The number of rotatable bonds is 4. The van der Waals surface area contributed by atoms with Gasteiger partial charge in [0.15, 0.2) is 0 Å². The molecular weight excluding hydrogens is 352 g/mol. The van der Waals surface area contributed by atoms with Gasteiger partial charge in [-0.05, 0) is 49.4 Å². The number of nitrogens with zero attached hydrogens (tertiary/aromatic N) is 3. The quantitative estimate of drug-likeness (QED) is 0.731. The number of aromatic amines is 1. The van der Waals surface area contributed by atoms with Gasteiger partial charge in [0.25, 0.3) is 0 Å². The zero-order chi connectivity index (χ0) is 19.4. The number of likely N-dealkylation sites (N-methyl/N-ethyl adjacent to an activating group) is 1. The normalized spacial score (nSPS) is 24.6. The number of H-pyrrole nitrogens is 1. The molecule has 0 bridgehead atoms. The largest absolute Gasteiger partial charge is 0.493 e. The fourth-order valence-electron chi connectivity index (χ4n) is 5.55. The molecule has 2 aromatic heterocycles. The first-order chi connectivity index (χ1) is 13.6. The summed E-state index contributed by atoms with van der Waals surface area (Å²) in [4.78, 5) is 18.6. The standard InChI is InChI=1S/C22H28N4O2/c1-3-7-26-20(27)13-25(22(26)28)12-14-8-17-16-5-4-6-18-21(16)15(10-23-18)9-19(17)24(2)11-14/h4-6,10,13-14,17,19,23,27H,3,7-9,11-12H2,1-2H3/t14?,17-,19-/m1/s1. The molecule has 1 aliphatic heterocycles. The van der Waals surface area contributed by atoms with Crippen LogP contribution in [0.2, 0.25) is 0 Å².